The minimum Gasteiger partial charge on any atom is -0.494 e. The Morgan fingerprint density at radius 3 is 2.66 bits per heavy atom. The number of hydrogen-bond acceptors (Lipinski definition) is 5. The van der Waals surface area contributed by atoms with Gasteiger partial charge in [0.05, 0.1) is 11.4 Å². The molecule has 0 aliphatic carbocycles. The first-order chi connectivity index (χ1) is 14.1. The van der Waals surface area contributed by atoms with Gasteiger partial charge in [0.2, 0.25) is 5.88 Å². The summed E-state index contributed by atoms with van der Waals surface area (Å²) in [5.41, 5.74) is 0.948. The molecule has 2 aromatic carbocycles. The van der Waals surface area contributed by atoms with Gasteiger partial charge < -0.3 is 5.11 Å². The highest BCUT2D eigenvalue weighted by atomic mass is 32.2. The summed E-state index contributed by atoms with van der Waals surface area (Å²) in [4.78, 5) is 32.7. The van der Waals surface area contributed by atoms with Gasteiger partial charge in [-0.2, -0.15) is 0 Å². The molecular weight excluding hydrogens is 386 g/mol. The number of allylic oxidation sites excluding steroid dienone is 1. The summed E-state index contributed by atoms with van der Waals surface area (Å²) in [5.74, 6) is -0.395. The Balaban J connectivity index is 1.92. The zero-order valence-electron chi connectivity index (χ0n) is 15.5. The van der Waals surface area contributed by atoms with Gasteiger partial charge in [-0.05, 0) is 17.7 Å². The molecule has 2 heterocycles. The SMILES string of the molecule is C=CCn1c(O)c(C2=Nc3ccccc3S[C@H](c3ccccc3)C2)c(=O)[nH]c1=O. The highest BCUT2D eigenvalue weighted by Gasteiger charge is 2.26. The van der Waals surface area contributed by atoms with E-state index in [0.29, 0.717) is 12.1 Å². The van der Waals surface area contributed by atoms with E-state index in [1.54, 1.807) is 11.8 Å². The van der Waals surface area contributed by atoms with Gasteiger partial charge >= 0.3 is 5.69 Å². The zero-order valence-corrected chi connectivity index (χ0v) is 16.4. The minimum atomic E-state index is -0.681. The Labute approximate surface area is 171 Å². The fourth-order valence-electron chi connectivity index (χ4n) is 3.34. The number of aromatic amines is 1. The van der Waals surface area contributed by atoms with Crippen LogP contribution in [-0.4, -0.2) is 20.4 Å². The Hall–Kier alpha value is -3.32. The molecule has 1 atom stereocenters. The average molecular weight is 405 g/mol. The van der Waals surface area contributed by atoms with Gasteiger partial charge in [-0.3, -0.25) is 19.3 Å². The van der Waals surface area contributed by atoms with Crippen molar-refractivity contribution < 1.29 is 5.11 Å². The molecular formula is C22H19N3O3S. The molecule has 1 aliphatic rings. The number of para-hydroxylation sites is 1. The van der Waals surface area contributed by atoms with E-state index in [2.05, 4.69) is 11.6 Å². The predicted molar refractivity (Wildman–Crippen MR) is 115 cm³/mol. The molecule has 2 N–H and O–H groups in total. The molecule has 1 aromatic heterocycles. The monoisotopic (exact) mass is 405 g/mol. The fraction of sp³-hybridized carbons (Fsp3) is 0.136. The molecule has 0 bridgehead atoms. The Morgan fingerprint density at radius 1 is 1.17 bits per heavy atom. The molecule has 6 nitrogen and oxygen atoms in total. The zero-order chi connectivity index (χ0) is 20.4. The lowest BCUT2D eigenvalue weighted by atomic mass is 10.0. The topological polar surface area (TPSA) is 87.4 Å². The van der Waals surface area contributed by atoms with E-state index in [0.717, 1.165) is 20.7 Å². The maximum atomic E-state index is 12.6. The van der Waals surface area contributed by atoms with Crippen LogP contribution in [0, 0.1) is 0 Å². The first kappa shape index (κ1) is 19.0. The van der Waals surface area contributed by atoms with Crippen molar-refractivity contribution in [3.63, 3.8) is 0 Å². The van der Waals surface area contributed by atoms with Crippen molar-refractivity contribution in [3.05, 3.63) is 99.2 Å². The molecule has 3 aromatic rings. The molecule has 1 aliphatic heterocycles. The third-order valence-corrected chi connectivity index (χ3v) is 6.03. The van der Waals surface area contributed by atoms with Crippen LogP contribution in [0.3, 0.4) is 0 Å². The molecule has 0 saturated carbocycles. The lowest BCUT2D eigenvalue weighted by Gasteiger charge is -2.16. The molecule has 0 radical (unpaired) electrons. The normalized spacial score (nSPS) is 15.9. The minimum absolute atomic E-state index is 0.00261. The number of hydrogen-bond donors (Lipinski definition) is 2. The van der Waals surface area contributed by atoms with Gasteiger partial charge in [-0.1, -0.05) is 48.5 Å². The van der Waals surface area contributed by atoms with E-state index in [9.17, 15) is 14.7 Å². The van der Waals surface area contributed by atoms with E-state index < -0.39 is 17.1 Å². The molecule has 146 valence electrons. The number of nitrogens with zero attached hydrogens (tertiary/aromatic N) is 2. The molecule has 7 heteroatoms. The van der Waals surface area contributed by atoms with Crippen molar-refractivity contribution >= 4 is 23.2 Å². The summed E-state index contributed by atoms with van der Waals surface area (Å²) in [5, 5.41) is 10.7. The Bertz CT molecular complexity index is 1210. The van der Waals surface area contributed by atoms with Crippen LogP contribution in [0.15, 0.2) is 86.7 Å². The lowest BCUT2D eigenvalue weighted by molar-refractivity contribution is 0.409. The van der Waals surface area contributed by atoms with Crippen molar-refractivity contribution in [2.45, 2.75) is 23.1 Å². The lowest BCUT2D eigenvalue weighted by Crippen LogP contribution is -2.34. The number of aliphatic imine (C=N–C) groups is 1. The van der Waals surface area contributed by atoms with Gasteiger partial charge in [-0.25, -0.2) is 4.79 Å². The number of benzene rings is 2. The van der Waals surface area contributed by atoms with Crippen molar-refractivity contribution in [1.82, 2.24) is 9.55 Å². The molecule has 0 saturated heterocycles. The molecule has 0 spiro atoms. The average Bonchev–Trinajstić information content (AvgIpc) is 2.91. The van der Waals surface area contributed by atoms with E-state index in [-0.39, 0.29) is 17.4 Å². The van der Waals surface area contributed by atoms with Crippen LogP contribution in [-0.2, 0) is 6.54 Å². The molecule has 4 rings (SSSR count). The smallest absolute Gasteiger partial charge is 0.331 e. The summed E-state index contributed by atoms with van der Waals surface area (Å²) in [6.45, 7) is 3.68. The number of rotatable bonds is 4. The van der Waals surface area contributed by atoms with Gasteiger partial charge in [0.15, 0.2) is 0 Å². The van der Waals surface area contributed by atoms with Crippen molar-refractivity contribution in [3.8, 4) is 5.88 Å². The highest BCUT2D eigenvalue weighted by molar-refractivity contribution is 7.99. The number of aromatic hydroxyl groups is 1. The van der Waals surface area contributed by atoms with Crippen molar-refractivity contribution in [2.75, 3.05) is 0 Å². The summed E-state index contributed by atoms with van der Waals surface area (Å²) in [6, 6.07) is 17.7. The van der Waals surface area contributed by atoms with Crippen LogP contribution in [0.1, 0.15) is 22.8 Å². The summed E-state index contributed by atoms with van der Waals surface area (Å²) in [6.07, 6.45) is 1.91. The third-order valence-electron chi connectivity index (χ3n) is 4.71. The van der Waals surface area contributed by atoms with E-state index in [1.165, 1.54) is 6.08 Å². The van der Waals surface area contributed by atoms with E-state index in [4.69, 9.17) is 4.99 Å². The fourth-order valence-corrected chi connectivity index (χ4v) is 4.57. The second-order valence-corrected chi connectivity index (χ2v) is 7.85. The van der Waals surface area contributed by atoms with Crippen LogP contribution in [0.5, 0.6) is 5.88 Å². The standard InChI is InChI=1S/C22H19N3O3S/c1-2-12-25-21(27)19(20(26)24-22(25)28)16-13-18(14-8-4-3-5-9-14)29-17-11-7-6-10-15(17)23-16/h2-11,18,27H,1,12-13H2,(H,24,26,28)/t18-/m0/s1. The molecule has 0 unspecified atom stereocenters. The second-order valence-electron chi connectivity index (χ2n) is 6.60. The quantitative estimate of drug-likeness (QED) is 0.647. The number of thioether (sulfide) groups is 1. The number of aromatic nitrogens is 2. The highest BCUT2D eigenvalue weighted by Crippen LogP contribution is 2.45. The van der Waals surface area contributed by atoms with Crippen LogP contribution in [0.2, 0.25) is 0 Å². The van der Waals surface area contributed by atoms with Crippen molar-refractivity contribution in [1.29, 1.82) is 0 Å². The maximum absolute atomic E-state index is 12.6. The van der Waals surface area contributed by atoms with E-state index >= 15 is 0 Å². The Morgan fingerprint density at radius 2 is 1.90 bits per heavy atom. The van der Waals surface area contributed by atoms with Gasteiger partial charge in [0.25, 0.3) is 5.56 Å². The van der Waals surface area contributed by atoms with Gasteiger partial charge in [-0.15, -0.1) is 18.3 Å². The van der Waals surface area contributed by atoms with Gasteiger partial charge in [0, 0.05) is 23.1 Å². The summed E-state index contributed by atoms with van der Waals surface area (Å²) >= 11 is 1.67. The number of nitrogens with one attached hydrogen (secondary N) is 1. The predicted octanol–water partition coefficient (Wildman–Crippen LogP) is 3.79. The van der Waals surface area contributed by atoms with Crippen LogP contribution < -0.4 is 11.2 Å². The first-order valence-corrected chi connectivity index (χ1v) is 10.0. The first-order valence-electron chi connectivity index (χ1n) is 9.14. The largest absolute Gasteiger partial charge is 0.494 e. The number of H-pyrrole nitrogens is 1. The third kappa shape index (κ3) is 3.69. The molecule has 0 amide bonds. The number of fused-ring (bicyclic) bond motifs is 1. The Kier molecular flexibility index (Phi) is 5.22. The van der Waals surface area contributed by atoms with Gasteiger partial charge in [0.1, 0.15) is 5.56 Å². The van der Waals surface area contributed by atoms with Crippen LogP contribution in [0.25, 0.3) is 0 Å². The molecule has 0 fully saturated rings. The molecule has 29 heavy (non-hydrogen) atoms. The second kappa shape index (κ2) is 7.97. The maximum Gasteiger partial charge on any atom is 0.331 e. The summed E-state index contributed by atoms with van der Waals surface area (Å²) in [7, 11) is 0. The van der Waals surface area contributed by atoms with Crippen LogP contribution in [0.4, 0.5) is 5.69 Å². The van der Waals surface area contributed by atoms with E-state index in [1.807, 2.05) is 54.6 Å². The van der Waals surface area contributed by atoms with Crippen LogP contribution >= 0.6 is 11.8 Å². The summed E-state index contributed by atoms with van der Waals surface area (Å²) < 4.78 is 1.08. The van der Waals surface area contributed by atoms with Crippen molar-refractivity contribution in [2.24, 2.45) is 4.99 Å².